The van der Waals surface area contributed by atoms with Crippen molar-refractivity contribution in [3.8, 4) is 0 Å². The number of carboxylic acids is 1. The number of hydrogen-bond donors (Lipinski definition) is 2. The molecule has 2 N–H and O–H groups in total. The van der Waals surface area contributed by atoms with Gasteiger partial charge < -0.3 is 20.1 Å². The fourth-order valence-electron chi connectivity index (χ4n) is 3.58. The van der Waals surface area contributed by atoms with Gasteiger partial charge in [-0.2, -0.15) is 0 Å². The highest BCUT2D eigenvalue weighted by atomic mass is 16.5. The Hall–Kier alpha value is -1.30. The molecule has 6 heteroatoms. The number of nitrogens with zero attached hydrogens (tertiary/aromatic N) is 1. The van der Waals surface area contributed by atoms with Crippen LogP contribution in [0.15, 0.2) is 0 Å². The first-order valence-electron chi connectivity index (χ1n) is 7.92. The Balaban J connectivity index is 1.87. The number of fused-ring (bicyclic) bond motifs is 1. The molecule has 1 aliphatic heterocycles. The Morgan fingerprint density at radius 3 is 2.81 bits per heavy atom. The van der Waals surface area contributed by atoms with Crippen LogP contribution < -0.4 is 5.32 Å². The van der Waals surface area contributed by atoms with Gasteiger partial charge in [-0.1, -0.05) is 12.8 Å². The standard InChI is InChI=1S/C15H26N2O4/c1-21-10-4-6-12(14(18)19)16-15(20)17-9-8-11-5-2-3-7-13(11)17/h11-13H,2-10H2,1H3,(H,16,20)(H,18,19). The van der Waals surface area contributed by atoms with Crippen LogP contribution >= 0.6 is 0 Å². The van der Waals surface area contributed by atoms with E-state index in [0.717, 1.165) is 19.4 Å². The van der Waals surface area contributed by atoms with Crippen LogP contribution in [0.2, 0.25) is 0 Å². The molecule has 1 saturated heterocycles. The molecule has 120 valence electrons. The third kappa shape index (κ3) is 4.09. The van der Waals surface area contributed by atoms with E-state index in [4.69, 9.17) is 4.74 Å². The maximum absolute atomic E-state index is 12.4. The molecule has 0 aromatic carbocycles. The minimum Gasteiger partial charge on any atom is -0.480 e. The Morgan fingerprint density at radius 2 is 2.10 bits per heavy atom. The van der Waals surface area contributed by atoms with Gasteiger partial charge in [-0.15, -0.1) is 0 Å². The van der Waals surface area contributed by atoms with Gasteiger partial charge in [0.15, 0.2) is 0 Å². The van der Waals surface area contributed by atoms with Crippen LogP contribution in [0.5, 0.6) is 0 Å². The van der Waals surface area contributed by atoms with Crippen LogP contribution in [0.3, 0.4) is 0 Å². The highest BCUT2D eigenvalue weighted by Crippen LogP contribution is 2.36. The summed E-state index contributed by atoms with van der Waals surface area (Å²) in [4.78, 5) is 25.5. The molecule has 1 aliphatic carbocycles. The minimum absolute atomic E-state index is 0.214. The molecule has 2 rings (SSSR count). The lowest BCUT2D eigenvalue weighted by molar-refractivity contribution is -0.139. The number of ether oxygens (including phenoxy) is 1. The van der Waals surface area contributed by atoms with Crippen molar-refractivity contribution in [2.45, 2.75) is 57.0 Å². The predicted molar refractivity (Wildman–Crippen MR) is 78.1 cm³/mol. The first kappa shape index (κ1) is 16.1. The van der Waals surface area contributed by atoms with E-state index in [0.29, 0.717) is 31.4 Å². The zero-order valence-electron chi connectivity index (χ0n) is 12.7. The Bertz CT molecular complexity index is 375. The number of likely N-dealkylation sites (tertiary alicyclic amines) is 1. The minimum atomic E-state index is -0.973. The molecule has 0 radical (unpaired) electrons. The van der Waals surface area contributed by atoms with Crippen molar-refractivity contribution in [2.75, 3.05) is 20.3 Å². The number of hydrogen-bond acceptors (Lipinski definition) is 3. The Labute approximate surface area is 125 Å². The van der Waals surface area contributed by atoms with E-state index in [1.807, 2.05) is 4.90 Å². The Kier molecular flexibility index (Phi) is 5.85. The van der Waals surface area contributed by atoms with Gasteiger partial charge >= 0.3 is 12.0 Å². The summed E-state index contributed by atoms with van der Waals surface area (Å²) < 4.78 is 4.93. The lowest BCUT2D eigenvalue weighted by Crippen LogP contribution is -2.50. The topological polar surface area (TPSA) is 78.9 Å². The van der Waals surface area contributed by atoms with Crippen molar-refractivity contribution in [1.82, 2.24) is 10.2 Å². The summed E-state index contributed by atoms with van der Waals surface area (Å²) in [5.74, 6) is -0.361. The van der Waals surface area contributed by atoms with E-state index in [2.05, 4.69) is 5.32 Å². The highest BCUT2D eigenvalue weighted by molar-refractivity contribution is 5.82. The number of methoxy groups -OCH3 is 1. The molecule has 2 amide bonds. The smallest absolute Gasteiger partial charge is 0.326 e. The summed E-state index contributed by atoms with van der Waals surface area (Å²) in [6.07, 6.45) is 6.76. The second kappa shape index (κ2) is 7.64. The molecule has 3 atom stereocenters. The maximum atomic E-state index is 12.4. The number of aliphatic carboxylic acids is 1. The van der Waals surface area contributed by atoms with Crippen LogP contribution in [-0.2, 0) is 9.53 Å². The van der Waals surface area contributed by atoms with Gasteiger partial charge in [-0.25, -0.2) is 9.59 Å². The average Bonchev–Trinajstić information content (AvgIpc) is 2.90. The third-order valence-electron chi connectivity index (χ3n) is 4.71. The largest absolute Gasteiger partial charge is 0.480 e. The molecule has 0 spiro atoms. The number of rotatable bonds is 6. The number of nitrogens with one attached hydrogen (secondary N) is 1. The zero-order chi connectivity index (χ0) is 15.2. The number of carbonyl (C=O) groups excluding carboxylic acids is 1. The first-order valence-corrected chi connectivity index (χ1v) is 7.92. The van der Waals surface area contributed by atoms with Crippen molar-refractivity contribution in [3.05, 3.63) is 0 Å². The molecule has 1 saturated carbocycles. The van der Waals surface area contributed by atoms with Crippen LogP contribution in [0.25, 0.3) is 0 Å². The fourth-order valence-corrected chi connectivity index (χ4v) is 3.58. The van der Waals surface area contributed by atoms with Crippen LogP contribution in [0.4, 0.5) is 4.79 Å². The number of amides is 2. The monoisotopic (exact) mass is 298 g/mol. The summed E-state index contributed by atoms with van der Waals surface area (Å²) in [7, 11) is 1.59. The van der Waals surface area contributed by atoms with E-state index in [1.165, 1.54) is 19.3 Å². The average molecular weight is 298 g/mol. The van der Waals surface area contributed by atoms with Gasteiger partial charge in [0, 0.05) is 26.3 Å². The molecular weight excluding hydrogens is 272 g/mol. The number of carbonyl (C=O) groups is 2. The van der Waals surface area contributed by atoms with E-state index in [9.17, 15) is 14.7 Å². The van der Waals surface area contributed by atoms with Gasteiger partial charge in [0.2, 0.25) is 0 Å². The number of urea groups is 1. The van der Waals surface area contributed by atoms with Gasteiger partial charge in [0.1, 0.15) is 6.04 Å². The molecule has 0 aromatic heterocycles. The molecule has 21 heavy (non-hydrogen) atoms. The summed E-state index contributed by atoms with van der Waals surface area (Å²) in [5.41, 5.74) is 0. The molecule has 2 fully saturated rings. The molecule has 1 heterocycles. The number of carboxylic acid groups (broad SMARTS) is 1. The van der Waals surface area contributed by atoms with Crippen molar-refractivity contribution in [2.24, 2.45) is 5.92 Å². The van der Waals surface area contributed by atoms with Gasteiger partial charge in [0.05, 0.1) is 0 Å². The summed E-state index contributed by atoms with van der Waals surface area (Å²) in [6.45, 7) is 1.26. The van der Waals surface area contributed by atoms with Crippen LogP contribution in [0, 0.1) is 5.92 Å². The lowest BCUT2D eigenvalue weighted by Gasteiger charge is -2.32. The van der Waals surface area contributed by atoms with Crippen molar-refractivity contribution in [1.29, 1.82) is 0 Å². The maximum Gasteiger partial charge on any atom is 0.326 e. The van der Waals surface area contributed by atoms with Crippen molar-refractivity contribution in [3.63, 3.8) is 0 Å². The molecule has 0 aromatic rings. The van der Waals surface area contributed by atoms with E-state index >= 15 is 0 Å². The third-order valence-corrected chi connectivity index (χ3v) is 4.71. The van der Waals surface area contributed by atoms with Crippen molar-refractivity contribution >= 4 is 12.0 Å². The SMILES string of the molecule is COCCCC(NC(=O)N1CCC2CCCCC21)C(=O)O. The van der Waals surface area contributed by atoms with Gasteiger partial charge in [-0.3, -0.25) is 0 Å². The van der Waals surface area contributed by atoms with Gasteiger partial charge in [0.25, 0.3) is 0 Å². The lowest BCUT2D eigenvalue weighted by atomic mass is 9.85. The predicted octanol–water partition coefficient (Wildman–Crippen LogP) is 1.84. The Morgan fingerprint density at radius 1 is 1.33 bits per heavy atom. The quantitative estimate of drug-likeness (QED) is 0.733. The van der Waals surface area contributed by atoms with E-state index in [-0.39, 0.29) is 6.03 Å². The second-order valence-electron chi connectivity index (χ2n) is 6.07. The second-order valence-corrected chi connectivity index (χ2v) is 6.07. The molecular formula is C15H26N2O4. The molecule has 6 nitrogen and oxygen atoms in total. The summed E-state index contributed by atoms with van der Waals surface area (Å²) in [5, 5.41) is 11.9. The molecule has 3 unspecified atom stereocenters. The van der Waals surface area contributed by atoms with Crippen LogP contribution in [0.1, 0.15) is 44.9 Å². The van der Waals surface area contributed by atoms with Gasteiger partial charge in [-0.05, 0) is 38.0 Å². The highest BCUT2D eigenvalue weighted by Gasteiger charge is 2.38. The molecule has 0 bridgehead atoms. The molecule has 2 aliphatic rings. The van der Waals surface area contributed by atoms with E-state index < -0.39 is 12.0 Å². The van der Waals surface area contributed by atoms with Crippen molar-refractivity contribution < 1.29 is 19.4 Å². The zero-order valence-corrected chi connectivity index (χ0v) is 12.7. The first-order chi connectivity index (χ1) is 10.1. The van der Waals surface area contributed by atoms with Crippen LogP contribution in [-0.4, -0.2) is 54.4 Å². The summed E-state index contributed by atoms with van der Waals surface area (Å²) >= 11 is 0. The summed E-state index contributed by atoms with van der Waals surface area (Å²) in [6, 6.07) is -0.725. The fraction of sp³-hybridized carbons (Fsp3) is 0.867. The normalized spacial score (nSPS) is 26.2. The van der Waals surface area contributed by atoms with E-state index in [1.54, 1.807) is 7.11 Å².